The number of nitrogens with zero attached hydrogens (tertiary/aromatic N) is 1. The first-order valence-corrected chi connectivity index (χ1v) is 10.3. The van der Waals surface area contributed by atoms with Gasteiger partial charge in [0.15, 0.2) is 5.96 Å². The highest BCUT2D eigenvalue weighted by molar-refractivity contribution is 14.0. The molecule has 162 valence electrons. The van der Waals surface area contributed by atoms with Crippen molar-refractivity contribution in [2.45, 2.75) is 45.1 Å². The van der Waals surface area contributed by atoms with Crippen LogP contribution >= 0.6 is 24.0 Å². The molecule has 29 heavy (non-hydrogen) atoms. The van der Waals surface area contributed by atoms with E-state index in [0.29, 0.717) is 44.5 Å². The molecule has 0 aromatic heterocycles. The Balaban J connectivity index is 0.00000420. The van der Waals surface area contributed by atoms with Gasteiger partial charge >= 0.3 is 0 Å². The maximum absolute atomic E-state index is 12.1. The average molecular weight is 514 g/mol. The van der Waals surface area contributed by atoms with Crippen molar-refractivity contribution in [3.8, 4) is 5.75 Å². The summed E-state index contributed by atoms with van der Waals surface area (Å²) in [6.45, 7) is 5.97. The number of guanidine groups is 1. The van der Waals surface area contributed by atoms with Gasteiger partial charge in [-0.3, -0.25) is 9.79 Å². The smallest absolute Gasteiger partial charge is 0.220 e. The maximum atomic E-state index is 12.1. The molecule has 7 heteroatoms. The molecule has 1 amide bonds. The molecule has 1 aromatic rings. The summed E-state index contributed by atoms with van der Waals surface area (Å²) >= 11 is 0. The Bertz CT molecular complexity index is 645. The molecule has 2 rings (SSSR count). The molecule has 0 radical (unpaired) electrons. The van der Waals surface area contributed by atoms with Crippen molar-refractivity contribution in [2.24, 2.45) is 10.9 Å². The predicted molar refractivity (Wildman–Crippen MR) is 130 cm³/mol. The number of rotatable bonds is 10. The van der Waals surface area contributed by atoms with Crippen molar-refractivity contribution in [1.82, 2.24) is 16.0 Å². The molecule has 1 aromatic carbocycles. The third-order valence-electron chi connectivity index (χ3n) is 4.94. The SMILES string of the molecule is C=CCOc1ccccc1CNC(=NC)NCCNC(=O)CC1CCCCC1.I. The number of para-hydroxylation sites is 1. The summed E-state index contributed by atoms with van der Waals surface area (Å²) < 4.78 is 5.67. The lowest BCUT2D eigenvalue weighted by Crippen LogP contribution is -2.41. The van der Waals surface area contributed by atoms with Crippen LogP contribution in [0, 0.1) is 5.92 Å². The minimum absolute atomic E-state index is 0. The van der Waals surface area contributed by atoms with Crippen LogP contribution in [-0.4, -0.2) is 38.6 Å². The van der Waals surface area contributed by atoms with Crippen LogP contribution in [0.1, 0.15) is 44.1 Å². The Kier molecular flexibility index (Phi) is 13.2. The Morgan fingerprint density at radius 2 is 1.90 bits per heavy atom. The summed E-state index contributed by atoms with van der Waals surface area (Å²) in [6, 6.07) is 7.89. The molecule has 0 saturated heterocycles. The largest absolute Gasteiger partial charge is 0.489 e. The van der Waals surface area contributed by atoms with Crippen molar-refractivity contribution in [3.05, 3.63) is 42.5 Å². The van der Waals surface area contributed by atoms with E-state index in [-0.39, 0.29) is 29.9 Å². The van der Waals surface area contributed by atoms with Crippen LogP contribution in [0.25, 0.3) is 0 Å². The Labute approximate surface area is 192 Å². The van der Waals surface area contributed by atoms with Gasteiger partial charge in [0.05, 0.1) is 0 Å². The lowest BCUT2D eigenvalue weighted by atomic mass is 9.87. The van der Waals surface area contributed by atoms with E-state index in [1.54, 1.807) is 13.1 Å². The number of hydrogen-bond donors (Lipinski definition) is 3. The lowest BCUT2D eigenvalue weighted by Gasteiger charge is -2.21. The molecule has 0 bridgehead atoms. The van der Waals surface area contributed by atoms with Gasteiger partial charge in [0.2, 0.25) is 5.91 Å². The van der Waals surface area contributed by atoms with Crippen molar-refractivity contribution >= 4 is 35.8 Å². The van der Waals surface area contributed by atoms with Gasteiger partial charge in [-0.1, -0.05) is 50.1 Å². The topological polar surface area (TPSA) is 74.8 Å². The van der Waals surface area contributed by atoms with E-state index in [9.17, 15) is 4.79 Å². The van der Waals surface area contributed by atoms with Crippen LogP contribution in [0.5, 0.6) is 5.75 Å². The quantitative estimate of drug-likeness (QED) is 0.147. The monoisotopic (exact) mass is 514 g/mol. The number of halogens is 1. The maximum Gasteiger partial charge on any atom is 0.220 e. The molecular weight excluding hydrogens is 479 g/mol. The minimum Gasteiger partial charge on any atom is -0.489 e. The first-order valence-electron chi connectivity index (χ1n) is 10.3. The summed E-state index contributed by atoms with van der Waals surface area (Å²) in [5.41, 5.74) is 1.05. The standard InChI is InChI=1S/C22H34N4O2.HI/c1-3-15-28-20-12-8-7-11-19(20)17-26-22(23-2)25-14-13-24-21(27)16-18-9-5-4-6-10-18;/h3,7-8,11-12,18H,1,4-6,9-10,13-17H2,2H3,(H,24,27)(H2,23,25,26);1H. The summed E-state index contributed by atoms with van der Waals surface area (Å²) in [6.07, 6.45) is 8.63. The van der Waals surface area contributed by atoms with E-state index in [1.807, 2.05) is 24.3 Å². The van der Waals surface area contributed by atoms with E-state index >= 15 is 0 Å². The molecular formula is C22H35IN4O2. The molecule has 1 aliphatic carbocycles. The van der Waals surface area contributed by atoms with E-state index < -0.39 is 0 Å². The molecule has 0 unspecified atom stereocenters. The minimum atomic E-state index is 0. The normalized spacial score (nSPS) is 14.4. The second-order valence-electron chi connectivity index (χ2n) is 7.12. The van der Waals surface area contributed by atoms with Crippen molar-refractivity contribution < 1.29 is 9.53 Å². The molecule has 1 saturated carbocycles. The van der Waals surface area contributed by atoms with Crippen LogP contribution in [0.15, 0.2) is 41.9 Å². The number of aliphatic imine (C=N–C) groups is 1. The predicted octanol–water partition coefficient (Wildman–Crippen LogP) is 3.62. The zero-order valence-corrected chi connectivity index (χ0v) is 19.7. The third-order valence-corrected chi connectivity index (χ3v) is 4.94. The fraction of sp³-hybridized carbons (Fsp3) is 0.545. The fourth-order valence-electron chi connectivity index (χ4n) is 3.45. The lowest BCUT2D eigenvalue weighted by molar-refractivity contribution is -0.122. The zero-order valence-electron chi connectivity index (χ0n) is 17.4. The zero-order chi connectivity index (χ0) is 20.0. The summed E-state index contributed by atoms with van der Waals surface area (Å²) in [5, 5.41) is 9.51. The second-order valence-corrected chi connectivity index (χ2v) is 7.12. The molecule has 6 nitrogen and oxygen atoms in total. The summed E-state index contributed by atoms with van der Waals surface area (Å²) in [7, 11) is 1.73. The van der Waals surface area contributed by atoms with Crippen molar-refractivity contribution in [3.63, 3.8) is 0 Å². The van der Waals surface area contributed by atoms with Crippen LogP contribution < -0.4 is 20.7 Å². The van der Waals surface area contributed by atoms with Gasteiger partial charge < -0.3 is 20.7 Å². The molecule has 0 heterocycles. The van der Waals surface area contributed by atoms with Crippen LogP contribution in [-0.2, 0) is 11.3 Å². The fourth-order valence-corrected chi connectivity index (χ4v) is 3.45. The first kappa shape index (κ1) is 25.3. The number of carbonyl (C=O) groups is 1. The van der Waals surface area contributed by atoms with Gasteiger partial charge in [-0.15, -0.1) is 24.0 Å². The third kappa shape index (κ3) is 10.0. The second kappa shape index (κ2) is 15.1. The summed E-state index contributed by atoms with van der Waals surface area (Å²) in [5.74, 6) is 2.25. The van der Waals surface area contributed by atoms with Gasteiger partial charge in [0.1, 0.15) is 12.4 Å². The molecule has 1 aliphatic rings. The highest BCUT2D eigenvalue weighted by Crippen LogP contribution is 2.25. The number of amides is 1. The number of hydrogen-bond acceptors (Lipinski definition) is 3. The Hall–Kier alpha value is -1.77. The Morgan fingerprint density at radius 3 is 2.62 bits per heavy atom. The van der Waals surface area contributed by atoms with Crippen LogP contribution in [0.2, 0.25) is 0 Å². The first-order chi connectivity index (χ1) is 13.7. The van der Waals surface area contributed by atoms with E-state index in [4.69, 9.17) is 4.74 Å². The number of nitrogens with one attached hydrogen (secondary N) is 3. The van der Waals surface area contributed by atoms with Gasteiger partial charge in [-0.2, -0.15) is 0 Å². The average Bonchev–Trinajstić information content (AvgIpc) is 2.73. The molecule has 1 fully saturated rings. The number of carbonyl (C=O) groups excluding carboxylic acids is 1. The van der Waals surface area contributed by atoms with Gasteiger partial charge in [0.25, 0.3) is 0 Å². The van der Waals surface area contributed by atoms with Crippen molar-refractivity contribution in [2.75, 3.05) is 26.7 Å². The van der Waals surface area contributed by atoms with Crippen molar-refractivity contribution in [1.29, 1.82) is 0 Å². The molecule has 3 N–H and O–H groups in total. The summed E-state index contributed by atoms with van der Waals surface area (Å²) in [4.78, 5) is 16.3. The highest BCUT2D eigenvalue weighted by atomic mass is 127. The molecule has 0 aliphatic heterocycles. The van der Waals surface area contributed by atoms with Gasteiger partial charge in [0, 0.05) is 38.7 Å². The number of ether oxygens (including phenoxy) is 1. The Morgan fingerprint density at radius 1 is 1.17 bits per heavy atom. The van der Waals surface area contributed by atoms with E-state index in [2.05, 4.69) is 27.5 Å². The highest BCUT2D eigenvalue weighted by Gasteiger charge is 2.16. The van der Waals surface area contributed by atoms with Crippen LogP contribution in [0.3, 0.4) is 0 Å². The number of benzene rings is 1. The van der Waals surface area contributed by atoms with Crippen LogP contribution in [0.4, 0.5) is 0 Å². The van der Waals surface area contributed by atoms with Gasteiger partial charge in [-0.25, -0.2) is 0 Å². The van der Waals surface area contributed by atoms with Gasteiger partial charge in [-0.05, 0) is 24.8 Å². The molecule has 0 atom stereocenters. The molecule has 0 spiro atoms. The van der Waals surface area contributed by atoms with E-state index in [0.717, 1.165) is 11.3 Å². The van der Waals surface area contributed by atoms with E-state index in [1.165, 1.54) is 32.1 Å².